The zero-order valence-electron chi connectivity index (χ0n) is 13.5. The summed E-state index contributed by atoms with van der Waals surface area (Å²) in [6.45, 7) is 1.59. The summed E-state index contributed by atoms with van der Waals surface area (Å²) in [5.41, 5.74) is -0.610. The molecular weight excluding hydrogens is 341 g/mol. The van der Waals surface area contributed by atoms with Gasteiger partial charge in [0, 0.05) is 12.6 Å². The lowest BCUT2D eigenvalue weighted by molar-refractivity contribution is -0.137. The van der Waals surface area contributed by atoms with E-state index in [4.69, 9.17) is 0 Å². The van der Waals surface area contributed by atoms with Crippen LogP contribution >= 0.6 is 0 Å². The van der Waals surface area contributed by atoms with E-state index >= 15 is 0 Å². The van der Waals surface area contributed by atoms with Crippen LogP contribution in [-0.4, -0.2) is 58.2 Å². The van der Waals surface area contributed by atoms with Crippen molar-refractivity contribution in [3.63, 3.8) is 0 Å². The van der Waals surface area contributed by atoms with Gasteiger partial charge in [-0.1, -0.05) is 18.2 Å². The molecule has 1 saturated heterocycles. The molecule has 1 heterocycles. The third kappa shape index (κ3) is 4.91. The number of benzene rings is 1. The Labute approximate surface area is 142 Å². The van der Waals surface area contributed by atoms with E-state index in [2.05, 4.69) is 10.6 Å². The number of amides is 1. The number of halogens is 3. The Bertz CT molecular complexity index is 611. The van der Waals surface area contributed by atoms with Gasteiger partial charge in [0.2, 0.25) is 5.91 Å². The number of aliphatic hydroxyl groups excluding tert-OH is 3. The first kappa shape index (κ1) is 19.6. The topological polar surface area (TPSA) is 102 Å². The molecule has 0 radical (unpaired) electrons. The normalized spacial score (nSPS) is 30.1. The van der Waals surface area contributed by atoms with Gasteiger partial charge < -0.3 is 26.0 Å². The summed E-state index contributed by atoms with van der Waals surface area (Å²) >= 11 is 0. The number of carbonyl (C=O) groups is 1. The number of hydrogen-bond acceptors (Lipinski definition) is 5. The minimum atomic E-state index is -4.48. The van der Waals surface area contributed by atoms with Crippen molar-refractivity contribution in [2.24, 2.45) is 0 Å². The number of nitrogens with one attached hydrogen (secondary N) is 2. The van der Waals surface area contributed by atoms with E-state index < -0.39 is 48.0 Å². The van der Waals surface area contributed by atoms with Gasteiger partial charge >= 0.3 is 6.18 Å². The van der Waals surface area contributed by atoms with Gasteiger partial charge in [0.25, 0.3) is 0 Å². The van der Waals surface area contributed by atoms with Crippen molar-refractivity contribution in [1.29, 1.82) is 0 Å². The van der Waals surface area contributed by atoms with Gasteiger partial charge in [-0.05, 0) is 18.6 Å². The van der Waals surface area contributed by atoms with Crippen molar-refractivity contribution in [2.75, 3.05) is 6.54 Å². The second-order valence-electron chi connectivity index (χ2n) is 6.21. The van der Waals surface area contributed by atoms with Gasteiger partial charge in [-0.15, -0.1) is 0 Å². The predicted molar refractivity (Wildman–Crippen MR) is 82.6 cm³/mol. The zero-order chi connectivity index (χ0) is 18.8. The van der Waals surface area contributed by atoms with Gasteiger partial charge in [0.05, 0.1) is 30.2 Å². The van der Waals surface area contributed by atoms with Crippen LogP contribution in [0.4, 0.5) is 13.2 Å². The largest absolute Gasteiger partial charge is 0.416 e. The van der Waals surface area contributed by atoms with E-state index in [0.29, 0.717) is 0 Å². The predicted octanol–water partition coefficient (Wildman–Crippen LogP) is -0.193. The van der Waals surface area contributed by atoms with E-state index in [-0.39, 0.29) is 18.5 Å². The first-order valence-corrected chi connectivity index (χ1v) is 7.82. The molecule has 140 valence electrons. The van der Waals surface area contributed by atoms with Gasteiger partial charge in [-0.25, -0.2) is 0 Å². The minimum Gasteiger partial charge on any atom is -0.389 e. The molecule has 0 aliphatic carbocycles. The minimum absolute atomic E-state index is 0.0346. The number of aliphatic hydroxyl groups is 3. The second-order valence-corrected chi connectivity index (χ2v) is 6.21. The third-order valence-corrected chi connectivity index (χ3v) is 4.24. The molecule has 9 heteroatoms. The summed E-state index contributed by atoms with van der Waals surface area (Å²) in [4.78, 5) is 11.9. The van der Waals surface area contributed by atoms with Crippen LogP contribution in [0.25, 0.3) is 0 Å². The van der Waals surface area contributed by atoms with Gasteiger partial charge in [0.1, 0.15) is 6.10 Å². The number of hydrogen-bond donors (Lipinski definition) is 5. The Hall–Kier alpha value is -1.68. The van der Waals surface area contributed by atoms with E-state index in [0.717, 1.165) is 12.1 Å². The molecule has 25 heavy (non-hydrogen) atoms. The molecule has 0 spiro atoms. The van der Waals surface area contributed by atoms with Crippen molar-refractivity contribution in [2.45, 2.75) is 49.9 Å². The molecule has 6 nitrogen and oxygen atoms in total. The van der Waals surface area contributed by atoms with Crippen molar-refractivity contribution in [3.8, 4) is 0 Å². The summed E-state index contributed by atoms with van der Waals surface area (Å²) < 4.78 is 38.0. The van der Waals surface area contributed by atoms with Crippen LogP contribution in [0.15, 0.2) is 24.3 Å². The molecule has 1 aromatic carbocycles. The van der Waals surface area contributed by atoms with Crippen LogP contribution in [0.1, 0.15) is 18.1 Å². The molecule has 2 rings (SSSR count). The van der Waals surface area contributed by atoms with Crippen molar-refractivity contribution >= 4 is 5.91 Å². The van der Waals surface area contributed by atoms with E-state index in [1.165, 1.54) is 12.1 Å². The summed E-state index contributed by atoms with van der Waals surface area (Å²) in [7, 11) is 0. The van der Waals surface area contributed by atoms with Gasteiger partial charge in [-0.3, -0.25) is 4.79 Å². The quantitative estimate of drug-likeness (QED) is 0.511. The fourth-order valence-corrected chi connectivity index (χ4v) is 2.78. The molecule has 5 atom stereocenters. The van der Waals surface area contributed by atoms with E-state index in [1.807, 2.05) is 0 Å². The molecule has 5 N–H and O–H groups in total. The third-order valence-electron chi connectivity index (χ3n) is 4.24. The van der Waals surface area contributed by atoms with Crippen LogP contribution in [0, 0.1) is 0 Å². The Balaban J connectivity index is 1.91. The van der Waals surface area contributed by atoms with E-state index in [9.17, 15) is 33.3 Å². The maximum absolute atomic E-state index is 12.7. The molecule has 1 aliphatic rings. The van der Waals surface area contributed by atoms with Crippen LogP contribution in [0.2, 0.25) is 0 Å². The van der Waals surface area contributed by atoms with Crippen LogP contribution in [-0.2, 0) is 17.4 Å². The SMILES string of the molecule is C[C@@H]1N[C@H](CNC(=O)Cc2cccc(C(F)(F)F)c2)[C@@H](O)[C@H](O)[C@@H]1O. The smallest absolute Gasteiger partial charge is 0.389 e. The maximum Gasteiger partial charge on any atom is 0.416 e. The molecule has 1 amide bonds. The fourth-order valence-electron chi connectivity index (χ4n) is 2.78. The molecule has 0 bridgehead atoms. The fraction of sp³-hybridized carbons (Fsp3) is 0.562. The van der Waals surface area contributed by atoms with Crippen molar-refractivity contribution < 1.29 is 33.3 Å². The highest BCUT2D eigenvalue weighted by Crippen LogP contribution is 2.29. The molecule has 0 aromatic heterocycles. The number of rotatable bonds is 4. The lowest BCUT2D eigenvalue weighted by atomic mass is 9.91. The van der Waals surface area contributed by atoms with Gasteiger partial charge in [0.15, 0.2) is 0 Å². The molecule has 1 aliphatic heterocycles. The highest BCUT2D eigenvalue weighted by molar-refractivity contribution is 5.78. The van der Waals surface area contributed by atoms with Gasteiger partial charge in [-0.2, -0.15) is 13.2 Å². The average molecular weight is 362 g/mol. The summed E-state index contributed by atoms with van der Waals surface area (Å²) in [5, 5.41) is 34.7. The first-order valence-electron chi connectivity index (χ1n) is 7.82. The molecular formula is C16H21F3N2O4. The Morgan fingerprint density at radius 1 is 1.20 bits per heavy atom. The maximum atomic E-state index is 12.7. The molecule has 1 aromatic rings. The highest BCUT2D eigenvalue weighted by atomic mass is 19.4. The van der Waals surface area contributed by atoms with Crippen LogP contribution in [0.5, 0.6) is 0 Å². The molecule has 0 saturated carbocycles. The Morgan fingerprint density at radius 3 is 2.52 bits per heavy atom. The van der Waals surface area contributed by atoms with Crippen LogP contribution < -0.4 is 10.6 Å². The molecule has 0 unspecified atom stereocenters. The average Bonchev–Trinajstić information content (AvgIpc) is 2.54. The Morgan fingerprint density at radius 2 is 1.88 bits per heavy atom. The van der Waals surface area contributed by atoms with E-state index in [1.54, 1.807) is 6.92 Å². The monoisotopic (exact) mass is 362 g/mol. The summed E-state index contributed by atoms with van der Waals surface area (Å²) in [6.07, 6.45) is -8.47. The summed E-state index contributed by atoms with van der Waals surface area (Å²) in [6, 6.07) is 3.33. The zero-order valence-corrected chi connectivity index (χ0v) is 13.5. The number of carbonyl (C=O) groups excluding carboxylic acids is 1. The number of piperidine rings is 1. The lowest BCUT2D eigenvalue weighted by Crippen LogP contribution is -2.66. The standard InChI is InChI=1S/C16H21F3N2O4/c1-8-13(23)15(25)14(24)11(21-8)7-20-12(22)6-9-3-2-4-10(5-9)16(17,18)19/h2-5,8,11,13-15,21,23-25H,6-7H2,1H3,(H,20,22)/t8-,11+,13+,14+,15+/m0/s1. The first-order chi connectivity index (χ1) is 11.6. The lowest BCUT2D eigenvalue weighted by Gasteiger charge is -2.40. The van der Waals surface area contributed by atoms with Crippen LogP contribution in [0.3, 0.4) is 0 Å². The Kier molecular flexibility index (Phi) is 6.04. The highest BCUT2D eigenvalue weighted by Gasteiger charge is 2.40. The van der Waals surface area contributed by atoms with Crippen molar-refractivity contribution in [3.05, 3.63) is 35.4 Å². The van der Waals surface area contributed by atoms with Crippen molar-refractivity contribution in [1.82, 2.24) is 10.6 Å². The molecule has 1 fully saturated rings. The summed E-state index contributed by atoms with van der Waals surface area (Å²) in [5.74, 6) is -0.512. The second kappa shape index (κ2) is 7.69. The number of alkyl halides is 3.